The molecule has 0 saturated carbocycles. The molecule has 0 spiro atoms. The van der Waals surface area contributed by atoms with Crippen molar-refractivity contribution >= 4 is 11.9 Å². The number of nitrogen functional groups attached to an aromatic ring is 1. The zero-order chi connectivity index (χ0) is 16.1. The predicted molar refractivity (Wildman–Crippen MR) is 84.7 cm³/mol. The molecule has 6 nitrogen and oxygen atoms in total. The van der Waals surface area contributed by atoms with E-state index in [4.69, 9.17) is 10.5 Å². The van der Waals surface area contributed by atoms with E-state index in [9.17, 15) is 4.79 Å². The lowest BCUT2D eigenvalue weighted by molar-refractivity contribution is 0.0955. The molecule has 2 aromatic rings. The van der Waals surface area contributed by atoms with Crippen LogP contribution in [-0.4, -0.2) is 22.9 Å². The van der Waals surface area contributed by atoms with E-state index < -0.39 is 0 Å². The van der Waals surface area contributed by atoms with Gasteiger partial charge in [0.05, 0.1) is 17.0 Å². The Balaban J connectivity index is 2.45. The molecule has 116 valence electrons. The SMILES string of the molecule is CCC(Oc1ccccc1)c1nc(N)nc(C)c1C(=O)NC. The minimum absolute atomic E-state index is 0.135. The first-order valence-electron chi connectivity index (χ1n) is 7.14. The molecule has 1 aromatic carbocycles. The van der Waals surface area contributed by atoms with Crippen LogP contribution in [0.3, 0.4) is 0 Å². The average Bonchev–Trinajstić information content (AvgIpc) is 2.52. The minimum Gasteiger partial charge on any atom is -0.484 e. The summed E-state index contributed by atoms with van der Waals surface area (Å²) >= 11 is 0. The van der Waals surface area contributed by atoms with Gasteiger partial charge in [-0.3, -0.25) is 4.79 Å². The van der Waals surface area contributed by atoms with Crippen LogP contribution in [0.2, 0.25) is 0 Å². The molecule has 1 heterocycles. The monoisotopic (exact) mass is 300 g/mol. The number of aromatic nitrogens is 2. The highest BCUT2D eigenvalue weighted by Gasteiger charge is 2.24. The Kier molecular flexibility index (Phi) is 4.93. The molecule has 0 fully saturated rings. The van der Waals surface area contributed by atoms with Gasteiger partial charge in [0.25, 0.3) is 5.91 Å². The quantitative estimate of drug-likeness (QED) is 0.884. The molecular weight excluding hydrogens is 280 g/mol. The highest BCUT2D eigenvalue weighted by molar-refractivity contribution is 5.96. The fourth-order valence-corrected chi connectivity index (χ4v) is 2.25. The number of carbonyl (C=O) groups excluding carboxylic acids is 1. The van der Waals surface area contributed by atoms with Crippen LogP contribution in [0, 0.1) is 6.92 Å². The fraction of sp³-hybridized carbons (Fsp3) is 0.312. The molecule has 22 heavy (non-hydrogen) atoms. The van der Waals surface area contributed by atoms with Crippen LogP contribution in [0.15, 0.2) is 30.3 Å². The Morgan fingerprint density at radius 1 is 1.32 bits per heavy atom. The van der Waals surface area contributed by atoms with Crippen LogP contribution in [0.25, 0.3) is 0 Å². The number of amides is 1. The van der Waals surface area contributed by atoms with E-state index in [0.29, 0.717) is 29.1 Å². The number of carbonyl (C=O) groups is 1. The first-order chi connectivity index (χ1) is 10.6. The fourth-order valence-electron chi connectivity index (χ4n) is 2.25. The van der Waals surface area contributed by atoms with Gasteiger partial charge in [-0.25, -0.2) is 9.97 Å². The van der Waals surface area contributed by atoms with Crippen LogP contribution in [-0.2, 0) is 0 Å². The smallest absolute Gasteiger partial charge is 0.254 e. The molecule has 1 unspecified atom stereocenters. The van der Waals surface area contributed by atoms with E-state index in [1.807, 2.05) is 37.3 Å². The van der Waals surface area contributed by atoms with Crippen LogP contribution in [0.1, 0.15) is 41.2 Å². The second-order valence-corrected chi connectivity index (χ2v) is 4.83. The standard InChI is InChI=1S/C16H20N4O2/c1-4-12(22-11-8-6-5-7-9-11)14-13(15(21)18-3)10(2)19-16(17)20-14/h5-9,12H,4H2,1-3H3,(H,18,21)(H2,17,19,20). The van der Waals surface area contributed by atoms with Crippen molar-refractivity contribution in [2.45, 2.75) is 26.4 Å². The van der Waals surface area contributed by atoms with E-state index in [-0.39, 0.29) is 18.0 Å². The Hall–Kier alpha value is -2.63. The molecule has 0 aliphatic rings. The first-order valence-corrected chi connectivity index (χ1v) is 7.14. The van der Waals surface area contributed by atoms with Gasteiger partial charge in [-0.05, 0) is 25.5 Å². The van der Waals surface area contributed by atoms with Crippen molar-refractivity contribution in [1.82, 2.24) is 15.3 Å². The summed E-state index contributed by atoms with van der Waals surface area (Å²) < 4.78 is 5.97. The van der Waals surface area contributed by atoms with Crippen LogP contribution < -0.4 is 15.8 Å². The highest BCUT2D eigenvalue weighted by Crippen LogP contribution is 2.27. The highest BCUT2D eigenvalue weighted by atomic mass is 16.5. The molecular formula is C16H20N4O2. The van der Waals surface area contributed by atoms with E-state index in [1.165, 1.54) is 0 Å². The Bertz CT molecular complexity index is 659. The molecule has 0 radical (unpaired) electrons. The lowest BCUT2D eigenvalue weighted by Gasteiger charge is -2.20. The third kappa shape index (κ3) is 3.33. The number of anilines is 1. The second-order valence-electron chi connectivity index (χ2n) is 4.83. The van der Waals surface area contributed by atoms with E-state index in [2.05, 4.69) is 15.3 Å². The number of nitrogens with two attached hydrogens (primary N) is 1. The zero-order valence-electron chi connectivity index (χ0n) is 13.0. The summed E-state index contributed by atoms with van der Waals surface area (Å²) in [5.41, 5.74) is 7.21. The zero-order valence-corrected chi connectivity index (χ0v) is 13.0. The van der Waals surface area contributed by atoms with E-state index in [1.54, 1.807) is 14.0 Å². The van der Waals surface area contributed by atoms with Gasteiger partial charge in [0, 0.05) is 7.05 Å². The van der Waals surface area contributed by atoms with Crippen LogP contribution >= 0.6 is 0 Å². The van der Waals surface area contributed by atoms with E-state index in [0.717, 1.165) is 0 Å². The maximum Gasteiger partial charge on any atom is 0.254 e. The molecule has 6 heteroatoms. The van der Waals surface area contributed by atoms with Crippen molar-refractivity contribution in [3.8, 4) is 5.75 Å². The molecule has 3 N–H and O–H groups in total. The maximum atomic E-state index is 12.2. The Morgan fingerprint density at radius 3 is 2.59 bits per heavy atom. The van der Waals surface area contributed by atoms with Gasteiger partial charge in [0.2, 0.25) is 5.95 Å². The van der Waals surface area contributed by atoms with Crippen molar-refractivity contribution in [3.05, 3.63) is 47.3 Å². The third-order valence-corrected chi connectivity index (χ3v) is 3.29. The van der Waals surface area contributed by atoms with Gasteiger partial charge in [-0.2, -0.15) is 0 Å². The topological polar surface area (TPSA) is 90.1 Å². The molecule has 0 aliphatic heterocycles. The van der Waals surface area contributed by atoms with Gasteiger partial charge >= 0.3 is 0 Å². The lowest BCUT2D eigenvalue weighted by atomic mass is 10.0. The second kappa shape index (κ2) is 6.89. The number of hydrogen-bond acceptors (Lipinski definition) is 5. The molecule has 1 atom stereocenters. The van der Waals surface area contributed by atoms with Crippen molar-refractivity contribution in [2.75, 3.05) is 12.8 Å². The van der Waals surface area contributed by atoms with Crippen LogP contribution in [0.4, 0.5) is 5.95 Å². The van der Waals surface area contributed by atoms with Gasteiger partial charge in [-0.15, -0.1) is 0 Å². The average molecular weight is 300 g/mol. The van der Waals surface area contributed by atoms with Crippen molar-refractivity contribution in [1.29, 1.82) is 0 Å². The molecule has 0 aliphatic carbocycles. The molecule has 0 saturated heterocycles. The third-order valence-electron chi connectivity index (χ3n) is 3.29. The van der Waals surface area contributed by atoms with E-state index >= 15 is 0 Å². The normalized spacial score (nSPS) is 11.8. The van der Waals surface area contributed by atoms with Gasteiger partial charge in [0.1, 0.15) is 11.9 Å². The molecule has 2 rings (SSSR count). The number of ether oxygens (including phenoxy) is 1. The summed E-state index contributed by atoms with van der Waals surface area (Å²) in [5.74, 6) is 0.602. The predicted octanol–water partition coefficient (Wildman–Crippen LogP) is 2.26. The number of nitrogens with one attached hydrogen (secondary N) is 1. The summed E-state index contributed by atoms with van der Waals surface area (Å²) in [6.07, 6.45) is 0.271. The molecule has 1 amide bonds. The molecule has 0 bridgehead atoms. The minimum atomic E-state index is -0.376. The lowest BCUT2D eigenvalue weighted by Crippen LogP contribution is -2.25. The Morgan fingerprint density at radius 2 is 2.00 bits per heavy atom. The van der Waals surface area contributed by atoms with Gasteiger partial charge in [-0.1, -0.05) is 25.1 Å². The van der Waals surface area contributed by atoms with Crippen molar-refractivity contribution in [3.63, 3.8) is 0 Å². The summed E-state index contributed by atoms with van der Waals surface area (Å²) in [4.78, 5) is 20.5. The summed E-state index contributed by atoms with van der Waals surface area (Å²) in [7, 11) is 1.57. The summed E-state index contributed by atoms with van der Waals surface area (Å²) in [6.45, 7) is 3.70. The largest absolute Gasteiger partial charge is 0.484 e. The summed E-state index contributed by atoms with van der Waals surface area (Å²) in [6, 6.07) is 9.42. The van der Waals surface area contributed by atoms with Gasteiger partial charge in [0.15, 0.2) is 0 Å². The number of para-hydroxylation sites is 1. The summed E-state index contributed by atoms with van der Waals surface area (Å²) in [5, 5.41) is 2.61. The van der Waals surface area contributed by atoms with Crippen molar-refractivity contribution in [2.24, 2.45) is 0 Å². The number of hydrogen-bond donors (Lipinski definition) is 2. The Labute approximate surface area is 129 Å². The number of nitrogens with zero attached hydrogens (tertiary/aromatic N) is 2. The maximum absolute atomic E-state index is 12.2. The number of rotatable bonds is 5. The van der Waals surface area contributed by atoms with Gasteiger partial charge < -0.3 is 15.8 Å². The molecule has 1 aromatic heterocycles. The van der Waals surface area contributed by atoms with Crippen LogP contribution in [0.5, 0.6) is 5.75 Å². The van der Waals surface area contributed by atoms with Crippen molar-refractivity contribution < 1.29 is 9.53 Å². The number of benzene rings is 1. The first kappa shape index (κ1) is 15.8. The number of aryl methyl sites for hydroxylation is 1.